The molecule has 0 saturated heterocycles. The topological polar surface area (TPSA) is 46.2 Å². The van der Waals surface area contributed by atoms with Crippen molar-refractivity contribution in [1.82, 2.24) is 4.72 Å². The molecular weight excluding hydrogens is 162 g/mol. The Hall–Kier alpha value is -0.870. The Morgan fingerprint density at radius 2 is 2.18 bits per heavy atom. The molecule has 0 fully saturated rings. The Morgan fingerprint density at radius 1 is 1.45 bits per heavy atom. The summed E-state index contributed by atoms with van der Waals surface area (Å²) in [4.78, 5) is 0.169. The van der Waals surface area contributed by atoms with Gasteiger partial charge in [0.05, 0.1) is 4.90 Å². The molecule has 1 aromatic carbocycles. The SMILES string of the molecule is CNS(=O)(=O)c1[c]cccc1. The van der Waals surface area contributed by atoms with Crippen LogP contribution in [0.5, 0.6) is 0 Å². The van der Waals surface area contributed by atoms with Crippen molar-refractivity contribution in [2.45, 2.75) is 4.90 Å². The van der Waals surface area contributed by atoms with Crippen LogP contribution in [0.4, 0.5) is 0 Å². The van der Waals surface area contributed by atoms with Gasteiger partial charge in [-0.1, -0.05) is 18.2 Å². The summed E-state index contributed by atoms with van der Waals surface area (Å²) in [6, 6.07) is 9.03. The third kappa shape index (κ3) is 1.78. The van der Waals surface area contributed by atoms with E-state index >= 15 is 0 Å². The minimum atomic E-state index is -3.30. The van der Waals surface area contributed by atoms with E-state index in [0.29, 0.717) is 0 Å². The number of nitrogens with one attached hydrogen (secondary N) is 1. The summed E-state index contributed by atoms with van der Waals surface area (Å²) >= 11 is 0. The van der Waals surface area contributed by atoms with E-state index in [1.807, 2.05) is 0 Å². The second kappa shape index (κ2) is 3.02. The molecule has 59 valence electrons. The van der Waals surface area contributed by atoms with Crippen molar-refractivity contribution in [3.63, 3.8) is 0 Å². The Balaban J connectivity index is 3.14. The first kappa shape index (κ1) is 8.23. The Bertz CT molecular complexity index is 318. The van der Waals surface area contributed by atoms with Crippen LogP contribution in [-0.2, 0) is 10.0 Å². The normalized spacial score (nSPS) is 11.4. The Labute approximate surface area is 66.1 Å². The predicted molar refractivity (Wildman–Crippen MR) is 41.5 cm³/mol. The highest BCUT2D eigenvalue weighted by Gasteiger charge is 2.08. The third-order valence-electron chi connectivity index (χ3n) is 1.24. The molecule has 0 aliphatic carbocycles. The van der Waals surface area contributed by atoms with Crippen LogP contribution in [0.2, 0.25) is 0 Å². The highest BCUT2D eigenvalue weighted by Crippen LogP contribution is 2.04. The van der Waals surface area contributed by atoms with Crippen LogP contribution in [0.3, 0.4) is 0 Å². The van der Waals surface area contributed by atoms with E-state index in [4.69, 9.17) is 0 Å². The zero-order chi connectivity index (χ0) is 8.32. The summed E-state index contributed by atoms with van der Waals surface area (Å²) in [6.45, 7) is 0. The molecule has 1 N–H and O–H groups in total. The summed E-state index contributed by atoms with van der Waals surface area (Å²) < 4.78 is 24.3. The maximum absolute atomic E-state index is 11.1. The van der Waals surface area contributed by atoms with Crippen LogP contribution in [-0.4, -0.2) is 15.5 Å². The molecule has 0 aromatic heterocycles. The van der Waals surface area contributed by atoms with Gasteiger partial charge in [0.1, 0.15) is 0 Å². The minimum absolute atomic E-state index is 0.169. The van der Waals surface area contributed by atoms with Gasteiger partial charge in [0.25, 0.3) is 0 Å². The Morgan fingerprint density at radius 3 is 2.64 bits per heavy atom. The second-order valence-electron chi connectivity index (χ2n) is 1.93. The fourth-order valence-corrected chi connectivity index (χ4v) is 1.35. The largest absolute Gasteiger partial charge is 0.240 e. The molecule has 0 unspecified atom stereocenters. The molecule has 1 radical (unpaired) electrons. The molecule has 0 spiro atoms. The van der Waals surface area contributed by atoms with Crippen molar-refractivity contribution in [1.29, 1.82) is 0 Å². The van der Waals surface area contributed by atoms with Crippen molar-refractivity contribution in [3.8, 4) is 0 Å². The number of rotatable bonds is 2. The number of sulfonamides is 1. The van der Waals surface area contributed by atoms with E-state index in [2.05, 4.69) is 10.8 Å². The lowest BCUT2D eigenvalue weighted by Gasteiger charge is -1.98. The van der Waals surface area contributed by atoms with E-state index in [9.17, 15) is 8.42 Å². The van der Waals surface area contributed by atoms with Gasteiger partial charge < -0.3 is 0 Å². The van der Waals surface area contributed by atoms with Gasteiger partial charge in [-0.2, -0.15) is 0 Å². The molecule has 0 aliphatic rings. The van der Waals surface area contributed by atoms with E-state index in [1.54, 1.807) is 18.2 Å². The summed E-state index contributed by atoms with van der Waals surface area (Å²) in [7, 11) is -1.93. The van der Waals surface area contributed by atoms with Gasteiger partial charge in [-0.25, -0.2) is 13.1 Å². The van der Waals surface area contributed by atoms with Gasteiger partial charge in [0.2, 0.25) is 10.0 Å². The van der Waals surface area contributed by atoms with Gasteiger partial charge in [0.15, 0.2) is 0 Å². The molecule has 0 amide bonds. The zero-order valence-electron chi connectivity index (χ0n) is 6.03. The monoisotopic (exact) mass is 170 g/mol. The van der Waals surface area contributed by atoms with Gasteiger partial charge in [-0.15, -0.1) is 0 Å². The van der Waals surface area contributed by atoms with Gasteiger partial charge in [-0.3, -0.25) is 0 Å². The molecule has 0 aliphatic heterocycles. The minimum Gasteiger partial charge on any atom is -0.214 e. The fraction of sp³-hybridized carbons (Fsp3) is 0.143. The first-order chi connectivity index (χ1) is 5.17. The lowest BCUT2D eigenvalue weighted by atomic mass is 10.4. The molecule has 4 heteroatoms. The van der Waals surface area contributed by atoms with Gasteiger partial charge in [-0.05, 0) is 13.1 Å². The van der Waals surface area contributed by atoms with E-state index in [1.165, 1.54) is 13.1 Å². The second-order valence-corrected chi connectivity index (χ2v) is 3.79. The van der Waals surface area contributed by atoms with Gasteiger partial charge in [0, 0.05) is 6.07 Å². The number of hydrogen-bond acceptors (Lipinski definition) is 2. The van der Waals surface area contributed by atoms with Crippen molar-refractivity contribution in [2.24, 2.45) is 0 Å². The maximum atomic E-state index is 11.1. The van der Waals surface area contributed by atoms with Crippen LogP contribution in [0.1, 0.15) is 0 Å². The van der Waals surface area contributed by atoms with E-state index in [0.717, 1.165) is 0 Å². The Kier molecular flexibility index (Phi) is 2.26. The summed E-state index contributed by atoms with van der Waals surface area (Å²) in [5.74, 6) is 0. The average Bonchev–Trinajstić information content (AvgIpc) is 2.06. The van der Waals surface area contributed by atoms with Crippen molar-refractivity contribution < 1.29 is 8.42 Å². The van der Waals surface area contributed by atoms with Crippen LogP contribution in [0.25, 0.3) is 0 Å². The fourth-order valence-electron chi connectivity index (χ4n) is 0.654. The summed E-state index contributed by atoms with van der Waals surface area (Å²) in [5.41, 5.74) is 0. The highest BCUT2D eigenvalue weighted by atomic mass is 32.2. The van der Waals surface area contributed by atoms with Crippen LogP contribution in [0, 0.1) is 6.07 Å². The smallest absolute Gasteiger partial charge is 0.214 e. The van der Waals surface area contributed by atoms with Crippen molar-refractivity contribution in [3.05, 3.63) is 30.3 Å². The lowest BCUT2D eigenvalue weighted by molar-refractivity contribution is 0.588. The first-order valence-electron chi connectivity index (χ1n) is 3.07. The third-order valence-corrected chi connectivity index (χ3v) is 2.61. The number of benzene rings is 1. The first-order valence-corrected chi connectivity index (χ1v) is 4.55. The zero-order valence-corrected chi connectivity index (χ0v) is 6.85. The highest BCUT2D eigenvalue weighted by molar-refractivity contribution is 7.89. The van der Waals surface area contributed by atoms with Crippen LogP contribution in [0.15, 0.2) is 29.2 Å². The molecule has 3 nitrogen and oxygen atoms in total. The quantitative estimate of drug-likeness (QED) is 0.698. The lowest BCUT2D eigenvalue weighted by Crippen LogP contribution is -2.18. The van der Waals surface area contributed by atoms with E-state index < -0.39 is 10.0 Å². The molecule has 0 bridgehead atoms. The average molecular weight is 170 g/mol. The number of hydrogen-bond donors (Lipinski definition) is 1. The van der Waals surface area contributed by atoms with Crippen molar-refractivity contribution in [2.75, 3.05) is 7.05 Å². The van der Waals surface area contributed by atoms with Crippen LogP contribution >= 0.6 is 0 Å². The molecule has 1 rings (SSSR count). The standard InChI is InChI=1S/C7H8NO2S/c1-8-11(9,10)7-5-3-2-4-6-7/h2-5,8H,1H3. The summed E-state index contributed by atoms with van der Waals surface area (Å²) in [5, 5.41) is 0. The summed E-state index contributed by atoms with van der Waals surface area (Å²) in [6.07, 6.45) is 0. The molecule has 0 heterocycles. The van der Waals surface area contributed by atoms with Crippen LogP contribution < -0.4 is 4.72 Å². The molecule has 11 heavy (non-hydrogen) atoms. The predicted octanol–water partition coefficient (Wildman–Crippen LogP) is 0.395. The molecule has 1 aromatic rings. The molecule has 0 saturated carbocycles. The molecular formula is C7H8NO2S. The van der Waals surface area contributed by atoms with Gasteiger partial charge >= 0.3 is 0 Å². The van der Waals surface area contributed by atoms with E-state index in [-0.39, 0.29) is 4.90 Å². The maximum Gasteiger partial charge on any atom is 0.240 e. The molecule has 0 atom stereocenters. The van der Waals surface area contributed by atoms with Crippen molar-refractivity contribution >= 4 is 10.0 Å².